The average molecular weight is 402 g/mol. The number of rotatable bonds is 5. The Hall–Kier alpha value is -3.54. The monoisotopic (exact) mass is 402 g/mol. The molecule has 0 fully saturated rings. The topological polar surface area (TPSA) is 59.8 Å². The summed E-state index contributed by atoms with van der Waals surface area (Å²) in [6.07, 6.45) is 1.68. The van der Waals surface area contributed by atoms with E-state index in [0.29, 0.717) is 11.6 Å². The molecule has 0 aliphatic heterocycles. The lowest BCUT2D eigenvalue weighted by atomic mass is 10.0. The number of fused-ring (bicyclic) bond motifs is 1. The van der Waals surface area contributed by atoms with Gasteiger partial charge in [0.15, 0.2) is 5.65 Å². The van der Waals surface area contributed by atoms with Gasteiger partial charge in [-0.25, -0.2) is 14.1 Å². The quantitative estimate of drug-likeness (QED) is 0.492. The number of amides is 1. The first-order chi connectivity index (χ1) is 14.4. The van der Waals surface area contributed by atoms with Gasteiger partial charge in [0.2, 0.25) is 5.91 Å². The van der Waals surface area contributed by atoms with Crippen LogP contribution in [-0.2, 0) is 11.3 Å². The van der Waals surface area contributed by atoms with Gasteiger partial charge in [0.25, 0.3) is 0 Å². The molecule has 4 rings (SSSR count). The molecule has 6 heteroatoms. The number of carbonyl (C=O) groups excluding carboxylic acids is 1. The molecule has 2 aromatic heterocycles. The molecule has 0 aliphatic carbocycles. The molecule has 0 aliphatic rings. The molecule has 0 saturated carbocycles. The number of anilines is 1. The van der Waals surface area contributed by atoms with Crippen LogP contribution in [0.5, 0.6) is 0 Å². The van der Waals surface area contributed by atoms with Gasteiger partial charge in [0.05, 0.1) is 5.69 Å². The van der Waals surface area contributed by atoms with Crippen molar-refractivity contribution in [3.63, 3.8) is 0 Å². The zero-order chi connectivity index (χ0) is 21.3. The fourth-order valence-electron chi connectivity index (χ4n) is 3.55. The number of benzene rings is 2. The third kappa shape index (κ3) is 3.94. The summed E-state index contributed by atoms with van der Waals surface area (Å²) in [5.41, 5.74) is 5.15. The van der Waals surface area contributed by atoms with Crippen molar-refractivity contribution < 1.29 is 9.18 Å². The highest BCUT2D eigenvalue weighted by atomic mass is 19.1. The molecule has 1 amide bonds. The van der Waals surface area contributed by atoms with E-state index in [2.05, 4.69) is 29.2 Å². The standard InChI is InChI=1S/C24H23FN4O/c1-15(2)17-6-10-20(11-7-17)27-22(30)14-29-24-23(16(3)28-29)21(12-13-26-24)18-4-8-19(25)9-5-18/h4-13,15H,14H2,1-3H3,(H,27,30). The molecule has 0 saturated heterocycles. The number of carbonyl (C=O) groups is 1. The molecule has 0 radical (unpaired) electrons. The number of nitrogens with zero attached hydrogens (tertiary/aromatic N) is 3. The van der Waals surface area contributed by atoms with E-state index >= 15 is 0 Å². The van der Waals surface area contributed by atoms with Gasteiger partial charge in [-0.05, 0) is 59.9 Å². The summed E-state index contributed by atoms with van der Waals surface area (Å²) in [7, 11) is 0. The van der Waals surface area contributed by atoms with Crippen molar-refractivity contribution in [1.29, 1.82) is 0 Å². The van der Waals surface area contributed by atoms with Gasteiger partial charge >= 0.3 is 0 Å². The number of nitrogens with one attached hydrogen (secondary N) is 1. The van der Waals surface area contributed by atoms with Crippen molar-refractivity contribution in [2.24, 2.45) is 0 Å². The Morgan fingerprint density at radius 2 is 1.77 bits per heavy atom. The third-order valence-corrected chi connectivity index (χ3v) is 5.12. The third-order valence-electron chi connectivity index (χ3n) is 5.12. The van der Waals surface area contributed by atoms with E-state index in [1.807, 2.05) is 37.3 Å². The van der Waals surface area contributed by atoms with Crippen LogP contribution in [0.3, 0.4) is 0 Å². The minimum Gasteiger partial charge on any atom is -0.324 e. The maximum Gasteiger partial charge on any atom is 0.246 e. The predicted octanol–water partition coefficient (Wildman–Crippen LogP) is 5.31. The average Bonchev–Trinajstić information content (AvgIpc) is 3.04. The highest BCUT2D eigenvalue weighted by molar-refractivity contribution is 5.96. The zero-order valence-electron chi connectivity index (χ0n) is 17.2. The van der Waals surface area contributed by atoms with Gasteiger partial charge in [0.1, 0.15) is 12.4 Å². The first-order valence-corrected chi connectivity index (χ1v) is 9.90. The number of aromatic nitrogens is 3. The normalized spacial score (nSPS) is 11.2. The Morgan fingerprint density at radius 3 is 2.43 bits per heavy atom. The maximum absolute atomic E-state index is 13.3. The molecular weight excluding hydrogens is 379 g/mol. The van der Waals surface area contributed by atoms with Crippen LogP contribution >= 0.6 is 0 Å². The van der Waals surface area contributed by atoms with Crippen LogP contribution in [0.2, 0.25) is 0 Å². The Kier molecular flexibility index (Phi) is 5.31. The van der Waals surface area contributed by atoms with Gasteiger partial charge in [-0.2, -0.15) is 5.10 Å². The fourth-order valence-corrected chi connectivity index (χ4v) is 3.55. The molecule has 1 N–H and O–H groups in total. The number of hydrogen-bond donors (Lipinski definition) is 1. The molecule has 0 atom stereocenters. The Balaban J connectivity index is 1.59. The van der Waals surface area contributed by atoms with E-state index < -0.39 is 0 Å². The van der Waals surface area contributed by atoms with Crippen LogP contribution in [-0.4, -0.2) is 20.7 Å². The molecule has 0 spiro atoms. The molecule has 2 aromatic carbocycles. The molecule has 30 heavy (non-hydrogen) atoms. The minimum atomic E-state index is -0.283. The predicted molar refractivity (Wildman–Crippen MR) is 117 cm³/mol. The van der Waals surface area contributed by atoms with E-state index in [-0.39, 0.29) is 18.3 Å². The second-order valence-corrected chi connectivity index (χ2v) is 7.63. The summed E-state index contributed by atoms with van der Waals surface area (Å²) in [4.78, 5) is 17.0. The lowest BCUT2D eigenvalue weighted by Crippen LogP contribution is -2.19. The lowest BCUT2D eigenvalue weighted by molar-refractivity contribution is -0.116. The van der Waals surface area contributed by atoms with E-state index in [4.69, 9.17) is 0 Å². The number of aryl methyl sites for hydroxylation is 1. The molecule has 2 heterocycles. The number of halogens is 1. The van der Waals surface area contributed by atoms with Crippen LogP contribution < -0.4 is 5.32 Å². The highest BCUT2D eigenvalue weighted by Gasteiger charge is 2.16. The smallest absolute Gasteiger partial charge is 0.246 e. The van der Waals surface area contributed by atoms with Crippen molar-refractivity contribution in [3.8, 4) is 11.1 Å². The molecule has 5 nitrogen and oxygen atoms in total. The van der Waals surface area contributed by atoms with Crippen LogP contribution in [0.15, 0.2) is 60.8 Å². The summed E-state index contributed by atoms with van der Waals surface area (Å²) >= 11 is 0. The van der Waals surface area contributed by atoms with Crippen molar-refractivity contribution >= 4 is 22.6 Å². The van der Waals surface area contributed by atoms with Crippen LogP contribution in [0.1, 0.15) is 31.0 Å². The largest absolute Gasteiger partial charge is 0.324 e. The van der Waals surface area contributed by atoms with Crippen molar-refractivity contribution in [1.82, 2.24) is 14.8 Å². The SMILES string of the molecule is Cc1nn(CC(=O)Nc2ccc(C(C)C)cc2)c2nccc(-c3ccc(F)cc3)c12. The van der Waals surface area contributed by atoms with Crippen molar-refractivity contribution in [3.05, 3.63) is 77.9 Å². The maximum atomic E-state index is 13.3. The Morgan fingerprint density at radius 1 is 1.07 bits per heavy atom. The molecular formula is C24H23FN4O. The highest BCUT2D eigenvalue weighted by Crippen LogP contribution is 2.30. The molecule has 0 unspecified atom stereocenters. The minimum absolute atomic E-state index is 0.0517. The summed E-state index contributed by atoms with van der Waals surface area (Å²) in [5, 5.41) is 8.30. The van der Waals surface area contributed by atoms with Crippen LogP contribution in [0.25, 0.3) is 22.2 Å². The number of pyridine rings is 1. The summed E-state index contributed by atoms with van der Waals surface area (Å²) in [6.45, 7) is 6.20. The fraction of sp³-hybridized carbons (Fsp3) is 0.208. The van der Waals surface area contributed by atoms with Gasteiger partial charge in [-0.15, -0.1) is 0 Å². The molecule has 152 valence electrons. The first-order valence-electron chi connectivity index (χ1n) is 9.90. The summed E-state index contributed by atoms with van der Waals surface area (Å²) in [5.74, 6) is -0.0187. The summed E-state index contributed by atoms with van der Waals surface area (Å²) in [6, 6.07) is 16.1. The zero-order valence-corrected chi connectivity index (χ0v) is 17.2. The van der Waals surface area contributed by atoms with Crippen molar-refractivity contribution in [2.75, 3.05) is 5.32 Å². The van der Waals surface area contributed by atoms with Gasteiger partial charge in [0, 0.05) is 17.3 Å². The van der Waals surface area contributed by atoms with Gasteiger partial charge < -0.3 is 5.32 Å². The lowest BCUT2D eigenvalue weighted by Gasteiger charge is -2.09. The second-order valence-electron chi connectivity index (χ2n) is 7.63. The van der Waals surface area contributed by atoms with E-state index in [9.17, 15) is 9.18 Å². The van der Waals surface area contributed by atoms with Gasteiger partial charge in [-0.1, -0.05) is 38.1 Å². The van der Waals surface area contributed by atoms with Crippen molar-refractivity contribution in [2.45, 2.75) is 33.2 Å². The van der Waals surface area contributed by atoms with E-state index in [1.165, 1.54) is 17.7 Å². The van der Waals surface area contributed by atoms with E-state index in [1.54, 1.807) is 23.0 Å². The molecule has 4 aromatic rings. The van der Waals surface area contributed by atoms with E-state index in [0.717, 1.165) is 27.9 Å². The Labute approximate surface area is 174 Å². The molecule has 0 bridgehead atoms. The summed E-state index contributed by atoms with van der Waals surface area (Å²) < 4.78 is 14.9. The number of hydrogen-bond acceptors (Lipinski definition) is 3. The second kappa shape index (κ2) is 8.06. The van der Waals surface area contributed by atoms with Gasteiger partial charge in [-0.3, -0.25) is 4.79 Å². The first kappa shape index (κ1) is 19.8. The van der Waals surface area contributed by atoms with Crippen LogP contribution in [0, 0.1) is 12.7 Å². The Bertz CT molecular complexity index is 1190. The van der Waals surface area contributed by atoms with Crippen LogP contribution in [0.4, 0.5) is 10.1 Å².